The molecule has 0 saturated carbocycles. The molecule has 1 aromatic carbocycles. The summed E-state index contributed by atoms with van der Waals surface area (Å²) in [5.41, 5.74) is 5.24. The van der Waals surface area contributed by atoms with Crippen molar-refractivity contribution < 1.29 is 18.0 Å². The summed E-state index contributed by atoms with van der Waals surface area (Å²) in [7, 11) is 0. The smallest absolute Gasteiger partial charge is 0.355 e. The highest BCUT2D eigenvalue weighted by molar-refractivity contribution is 5.76. The molecular weight excluding hydrogens is 245 g/mol. The van der Waals surface area contributed by atoms with Crippen LogP contribution in [0.25, 0.3) is 0 Å². The molecule has 100 valence electrons. The Morgan fingerprint density at radius 2 is 1.83 bits per heavy atom. The van der Waals surface area contributed by atoms with Crippen LogP contribution in [0.2, 0.25) is 0 Å². The van der Waals surface area contributed by atoms with E-state index in [1.165, 1.54) is 12.1 Å². The van der Waals surface area contributed by atoms with Crippen molar-refractivity contribution in [3.8, 4) is 0 Å². The minimum absolute atomic E-state index is 0.152. The van der Waals surface area contributed by atoms with Crippen molar-refractivity contribution in [3.63, 3.8) is 0 Å². The molecule has 0 aromatic heterocycles. The normalized spacial score (nSPS) is 11.3. The van der Waals surface area contributed by atoms with Crippen LogP contribution in [0.15, 0.2) is 24.3 Å². The molecule has 0 fully saturated rings. The van der Waals surface area contributed by atoms with Gasteiger partial charge in [0.25, 0.3) is 0 Å². The standard InChI is InChI=1S/C12H15F3N2O/c13-12(14,15)10-4-1-9(2-5-10)3-6-11(18)17-8-7-16/h1-2,4-5H,3,6-8,16H2,(H,17,18). The third-order valence-corrected chi connectivity index (χ3v) is 2.39. The van der Waals surface area contributed by atoms with Crippen LogP contribution < -0.4 is 11.1 Å². The van der Waals surface area contributed by atoms with E-state index in [9.17, 15) is 18.0 Å². The second-order valence-electron chi connectivity index (χ2n) is 3.83. The second-order valence-corrected chi connectivity index (χ2v) is 3.83. The molecule has 0 heterocycles. The fraction of sp³-hybridized carbons (Fsp3) is 0.417. The van der Waals surface area contributed by atoms with E-state index in [0.717, 1.165) is 12.1 Å². The highest BCUT2D eigenvalue weighted by atomic mass is 19.4. The average molecular weight is 260 g/mol. The Hall–Kier alpha value is -1.56. The number of benzene rings is 1. The lowest BCUT2D eigenvalue weighted by molar-refractivity contribution is -0.137. The Labute approximate surface area is 103 Å². The zero-order chi connectivity index (χ0) is 13.6. The second kappa shape index (κ2) is 6.39. The number of nitrogens with two attached hydrogens (primary N) is 1. The van der Waals surface area contributed by atoms with Gasteiger partial charge < -0.3 is 11.1 Å². The van der Waals surface area contributed by atoms with Gasteiger partial charge in [-0.15, -0.1) is 0 Å². The van der Waals surface area contributed by atoms with Crippen molar-refractivity contribution in [2.75, 3.05) is 13.1 Å². The van der Waals surface area contributed by atoms with Gasteiger partial charge in [-0.3, -0.25) is 4.79 Å². The Bertz CT molecular complexity index is 387. The summed E-state index contributed by atoms with van der Waals surface area (Å²) in [4.78, 5) is 11.3. The molecule has 0 unspecified atom stereocenters. The van der Waals surface area contributed by atoms with Crippen LogP contribution in [-0.4, -0.2) is 19.0 Å². The first-order chi connectivity index (χ1) is 8.43. The fourth-order valence-corrected chi connectivity index (χ4v) is 1.42. The largest absolute Gasteiger partial charge is 0.416 e. The fourth-order valence-electron chi connectivity index (χ4n) is 1.42. The molecule has 6 heteroatoms. The van der Waals surface area contributed by atoms with Gasteiger partial charge in [0.05, 0.1) is 5.56 Å². The number of carbonyl (C=O) groups is 1. The van der Waals surface area contributed by atoms with E-state index < -0.39 is 11.7 Å². The van der Waals surface area contributed by atoms with E-state index in [1.807, 2.05) is 0 Å². The van der Waals surface area contributed by atoms with Crippen LogP contribution in [-0.2, 0) is 17.4 Å². The van der Waals surface area contributed by atoms with Gasteiger partial charge >= 0.3 is 6.18 Å². The first-order valence-electron chi connectivity index (χ1n) is 5.56. The van der Waals surface area contributed by atoms with Crippen LogP contribution in [0.5, 0.6) is 0 Å². The molecule has 0 saturated heterocycles. The number of amides is 1. The number of hydrogen-bond donors (Lipinski definition) is 2. The average Bonchev–Trinajstić information content (AvgIpc) is 2.33. The topological polar surface area (TPSA) is 55.1 Å². The third-order valence-electron chi connectivity index (χ3n) is 2.39. The van der Waals surface area contributed by atoms with Gasteiger partial charge in [-0.1, -0.05) is 12.1 Å². The molecule has 1 rings (SSSR count). The number of aryl methyl sites for hydroxylation is 1. The van der Waals surface area contributed by atoms with E-state index >= 15 is 0 Å². The van der Waals surface area contributed by atoms with Gasteiger partial charge in [-0.05, 0) is 24.1 Å². The number of carbonyl (C=O) groups excluding carboxylic acids is 1. The first kappa shape index (κ1) is 14.5. The van der Waals surface area contributed by atoms with Crippen LogP contribution in [0.1, 0.15) is 17.5 Å². The SMILES string of the molecule is NCCNC(=O)CCc1ccc(C(F)(F)F)cc1. The van der Waals surface area contributed by atoms with Gasteiger partial charge in [0.15, 0.2) is 0 Å². The summed E-state index contributed by atoms with van der Waals surface area (Å²) < 4.78 is 36.9. The van der Waals surface area contributed by atoms with Crippen LogP contribution in [0, 0.1) is 0 Å². The lowest BCUT2D eigenvalue weighted by Gasteiger charge is -2.07. The van der Waals surface area contributed by atoms with Crippen molar-refractivity contribution in [3.05, 3.63) is 35.4 Å². The third kappa shape index (κ3) is 4.75. The summed E-state index contributed by atoms with van der Waals surface area (Å²) in [5, 5.41) is 2.59. The van der Waals surface area contributed by atoms with Crippen LogP contribution >= 0.6 is 0 Å². The lowest BCUT2D eigenvalue weighted by atomic mass is 10.1. The number of halogens is 3. The summed E-state index contributed by atoms with van der Waals surface area (Å²) in [6.45, 7) is 0.776. The zero-order valence-electron chi connectivity index (χ0n) is 9.76. The maximum Gasteiger partial charge on any atom is 0.416 e. The van der Waals surface area contributed by atoms with Crippen LogP contribution in [0.3, 0.4) is 0 Å². The van der Waals surface area contributed by atoms with Crippen molar-refractivity contribution >= 4 is 5.91 Å². The monoisotopic (exact) mass is 260 g/mol. The quantitative estimate of drug-likeness (QED) is 0.846. The summed E-state index contributed by atoms with van der Waals surface area (Å²) >= 11 is 0. The van der Waals surface area contributed by atoms with Crippen molar-refractivity contribution in [2.45, 2.75) is 19.0 Å². The Balaban J connectivity index is 2.47. The molecule has 0 aliphatic heterocycles. The molecular formula is C12H15F3N2O. The first-order valence-corrected chi connectivity index (χ1v) is 5.56. The van der Waals surface area contributed by atoms with Gasteiger partial charge in [0.1, 0.15) is 0 Å². The zero-order valence-corrected chi connectivity index (χ0v) is 9.76. The van der Waals surface area contributed by atoms with E-state index in [-0.39, 0.29) is 12.3 Å². The van der Waals surface area contributed by atoms with Gasteiger partial charge in [-0.25, -0.2) is 0 Å². The summed E-state index contributed by atoms with van der Waals surface area (Å²) in [5.74, 6) is -0.152. The van der Waals surface area contributed by atoms with Gasteiger partial charge in [0.2, 0.25) is 5.91 Å². The van der Waals surface area contributed by atoms with E-state index in [1.54, 1.807) is 0 Å². The number of nitrogens with one attached hydrogen (secondary N) is 1. The van der Waals surface area contributed by atoms with Gasteiger partial charge in [0, 0.05) is 19.5 Å². The van der Waals surface area contributed by atoms with E-state index in [0.29, 0.717) is 25.1 Å². The molecule has 3 N–H and O–H groups in total. The Morgan fingerprint density at radius 3 is 2.33 bits per heavy atom. The molecule has 0 bridgehead atoms. The maximum atomic E-state index is 12.3. The highest BCUT2D eigenvalue weighted by Crippen LogP contribution is 2.29. The molecule has 0 aliphatic rings. The summed E-state index contributed by atoms with van der Waals surface area (Å²) in [6.07, 6.45) is -3.67. The molecule has 18 heavy (non-hydrogen) atoms. The summed E-state index contributed by atoms with van der Waals surface area (Å²) in [6, 6.07) is 4.82. The molecule has 3 nitrogen and oxygen atoms in total. The number of hydrogen-bond acceptors (Lipinski definition) is 2. The maximum absolute atomic E-state index is 12.3. The van der Waals surface area contributed by atoms with E-state index in [2.05, 4.69) is 5.32 Å². The minimum Gasteiger partial charge on any atom is -0.355 e. The lowest BCUT2D eigenvalue weighted by Crippen LogP contribution is -2.29. The molecule has 0 spiro atoms. The molecule has 0 radical (unpaired) electrons. The van der Waals surface area contributed by atoms with Crippen molar-refractivity contribution in [2.24, 2.45) is 5.73 Å². The Morgan fingerprint density at radius 1 is 1.22 bits per heavy atom. The van der Waals surface area contributed by atoms with Crippen LogP contribution in [0.4, 0.5) is 13.2 Å². The van der Waals surface area contributed by atoms with Crippen molar-refractivity contribution in [1.82, 2.24) is 5.32 Å². The molecule has 1 amide bonds. The van der Waals surface area contributed by atoms with E-state index in [4.69, 9.17) is 5.73 Å². The minimum atomic E-state index is -4.32. The number of rotatable bonds is 5. The predicted octanol–water partition coefficient (Wildman–Crippen LogP) is 1.71. The van der Waals surface area contributed by atoms with Gasteiger partial charge in [-0.2, -0.15) is 13.2 Å². The number of alkyl halides is 3. The Kier molecular flexibility index (Phi) is 5.15. The molecule has 0 aliphatic carbocycles. The highest BCUT2D eigenvalue weighted by Gasteiger charge is 2.29. The molecule has 1 aromatic rings. The molecule has 0 atom stereocenters. The predicted molar refractivity (Wildman–Crippen MR) is 61.8 cm³/mol. The van der Waals surface area contributed by atoms with Crippen molar-refractivity contribution in [1.29, 1.82) is 0 Å².